The van der Waals surface area contributed by atoms with Crippen LogP contribution in [0.2, 0.25) is 0 Å². The van der Waals surface area contributed by atoms with Crippen molar-refractivity contribution >= 4 is 23.4 Å². The lowest BCUT2D eigenvalue weighted by molar-refractivity contribution is -0.130. The summed E-state index contributed by atoms with van der Waals surface area (Å²) in [6.45, 7) is 2.05. The maximum Gasteiger partial charge on any atom is 0.253 e. The quantitative estimate of drug-likeness (QED) is 0.616. The van der Waals surface area contributed by atoms with Crippen molar-refractivity contribution in [3.05, 3.63) is 84.1 Å². The molecule has 5 nitrogen and oxygen atoms in total. The van der Waals surface area contributed by atoms with Crippen molar-refractivity contribution in [2.24, 2.45) is 5.10 Å². The van der Waals surface area contributed by atoms with Crippen molar-refractivity contribution in [2.45, 2.75) is 24.3 Å². The molecule has 3 heterocycles. The van der Waals surface area contributed by atoms with E-state index in [9.17, 15) is 4.79 Å². The molecule has 0 fully saturated rings. The van der Waals surface area contributed by atoms with Crippen LogP contribution in [0.4, 0.5) is 0 Å². The van der Waals surface area contributed by atoms with Crippen LogP contribution in [0, 0.1) is 6.92 Å². The number of aromatic nitrogens is 1. The third kappa shape index (κ3) is 3.95. The van der Waals surface area contributed by atoms with Gasteiger partial charge in [0.05, 0.1) is 17.7 Å². The normalized spacial score (nSPS) is 16.4. The summed E-state index contributed by atoms with van der Waals surface area (Å²) in [7, 11) is 0. The standard InChI is InChI=1S/C21H19N3O2S/c1-15-4-6-16(7-5-15)18-13-19(20-3-2-12-26-20)24(23-18)21(25)14-27-17-8-10-22-11-9-17/h2-12,19H,13-14H2,1H3. The Balaban J connectivity index is 1.55. The lowest BCUT2D eigenvalue weighted by atomic mass is 10.0. The third-order valence-corrected chi connectivity index (χ3v) is 5.43. The largest absolute Gasteiger partial charge is 0.467 e. The molecule has 0 spiro atoms. The molecule has 3 aromatic rings. The molecular weight excluding hydrogens is 358 g/mol. The fraction of sp³-hybridized carbons (Fsp3) is 0.190. The minimum atomic E-state index is -0.207. The van der Waals surface area contributed by atoms with Crippen molar-refractivity contribution < 1.29 is 9.21 Å². The summed E-state index contributed by atoms with van der Waals surface area (Å²) in [5.74, 6) is 1.02. The minimum absolute atomic E-state index is 0.0414. The Morgan fingerprint density at radius 3 is 2.67 bits per heavy atom. The van der Waals surface area contributed by atoms with Gasteiger partial charge < -0.3 is 4.42 Å². The molecule has 0 radical (unpaired) electrons. The lowest BCUT2D eigenvalue weighted by Crippen LogP contribution is -2.28. The summed E-state index contributed by atoms with van der Waals surface area (Å²) in [5, 5.41) is 6.22. The van der Waals surface area contributed by atoms with Crippen LogP contribution in [0.5, 0.6) is 0 Å². The smallest absolute Gasteiger partial charge is 0.253 e. The Hall–Kier alpha value is -2.86. The summed E-state index contributed by atoms with van der Waals surface area (Å²) < 4.78 is 5.58. The van der Waals surface area contributed by atoms with E-state index in [1.54, 1.807) is 23.7 Å². The molecule has 2 aromatic heterocycles. The molecule has 0 aliphatic carbocycles. The highest BCUT2D eigenvalue weighted by Gasteiger charge is 2.34. The number of nitrogens with zero attached hydrogens (tertiary/aromatic N) is 3. The Kier molecular flexibility index (Phi) is 5.07. The van der Waals surface area contributed by atoms with Gasteiger partial charge in [-0.1, -0.05) is 29.8 Å². The van der Waals surface area contributed by atoms with Crippen molar-refractivity contribution in [1.82, 2.24) is 9.99 Å². The number of thioether (sulfide) groups is 1. The van der Waals surface area contributed by atoms with Crippen LogP contribution in [0.25, 0.3) is 0 Å². The molecule has 1 atom stereocenters. The van der Waals surface area contributed by atoms with Gasteiger partial charge in [-0.2, -0.15) is 5.10 Å². The van der Waals surface area contributed by atoms with Gasteiger partial charge in [0.15, 0.2) is 0 Å². The van der Waals surface area contributed by atoms with Gasteiger partial charge >= 0.3 is 0 Å². The van der Waals surface area contributed by atoms with E-state index < -0.39 is 0 Å². The predicted molar refractivity (Wildman–Crippen MR) is 106 cm³/mol. The number of hydrogen-bond acceptors (Lipinski definition) is 5. The first-order valence-corrected chi connectivity index (χ1v) is 9.72. The maximum absolute atomic E-state index is 12.9. The van der Waals surface area contributed by atoms with Crippen LogP contribution in [-0.4, -0.2) is 27.4 Å². The van der Waals surface area contributed by atoms with Gasteiger partial charge in [0, 0.05) is 23.7 Å². The van der Waals surface area contributed by atoms with E-state index in [0.29, 0.717) is 12.2 Å². The van der Waals surface area contributed by atoms with Crippen molar-refractivity contribution in [1.29, 1.82) is 0 Å². The van der Waals surface area contributed by atoms with Gasteiger partial charge in [0.25, 0.3) is 5.91 Å². The van der Waals surface area contributed by atoms with E-state index in [-0.39, 0.29) is 11.9 Å². The molecule has 1 aliphatic rings. The van der Waals surface area contributed by atoms with Crippen LogP contribution in [0.1, 0.15) is 29.3 Å². The number of hydrogen-bond donors (Lipinski definition) is 0. The molecule has 1 amide bonds. The Bertz CT molecular complexity index is 937. The SMILES string of the molecule is Cc1ccc(C2=NN(C(=O)CSc3ccncc3)C(c3ccco3)C2)cc1. The number of benzene rings is 1. The van der Waals surface area contributed by atoms with Gasteiger partial charge in [-0.05, 0) is 36.8 Å². The summed E-state index contributed by atoms with van der Waals surface area (Å²) in [5.41, 5.74) is 3.13. The van der Waals surface area contributed by atoms with Crippen molar-refractivity contribution in [3.63, 3.8) is 0 Å². The molecule has 4 rings (SSSR count). The summed E-state index contributed by atoms with van der Waals surface area (Å²) in [6, 6.07) is 15.5. The van der Waals surface area contributed by atoms with E-state index in [2.05, 4.69) is 29.1 Å². The molecule has 0 saturated heterocycles. The highest BCUT2D eigenvalue weighted by atomic mass is 32.2. The summed E-state index contributed by atoms with van der Waals surface area (Å²) in [6.07, 6.45) is 5.72. The number of rotatable bonds is 5. The van der Waals surface area contributed by atoms with Gasteiger partial charge in [-0.25, -0.2) is 5.01 Å². The van der Waals surface area contributed by atoms with Gasteiger partial charge in [-0.15, -0.1) is 11.8 Å². The number of aryl methyl sites for hydroxylation is 1. The number of carbonyl (C=O) groups is 1. The number of carbonyl (C=O) groups excluding carboxylic acids is 1. The Morgan fingerprint density at radius 2 is 1.96 bits per heavy atom. The average Bonchev–Trinajstić information content (AvgIpc) is 3.37. The molecular formula is C21H19N3O2S. The number of pyridine rings is 1. The van der Waals surface area contributed by atoms with Gasteiger partial charge in [-0.3, -0.25) is 9.78 Å². The molecule has 6 heteroatoms. The zero-order valence-electron chi connectivity index (χ0n) is 14.9. The molecule has 1 aliphatic heterocycles. The zero-order valence-corrected chi connectivity index (χ0v) is 15.7. The van der Waals surface area contributed by atoms with Crippen LogP contribution < -0.4 is 0 Å². The first-order valence-electron chi connectivity index (χ1n) is 8.73. The van der Waals surface area contributed by atoms with Crippen molar-refractivity contribution in [2.75, 3.05) is 5.75 Å². The average molecular weight is 377 g/mol. The molecule has 0 saturated carbocycles. The third-order valence-electron chi connectivity index (χ3n) is 4.43. The van der Waals surface area contributed by atoms with Crippen LogP contribution >= 0.6 is 11.8 Å². The predicted octanol–water partition coefficient (Wildman–Crippen LogP) is 4.45. The van der Waals surface area contributed by atoms with E-state index in [4.69, 9.17) is 4.42 Å². The Labute approximate surface area is 162 Å². The van der Waals surface area contributed by atoms with E-state index >= 15 is 0 Å². The van der Waals surface area contributed by atoms with Crippen LogP contribution in [-0.2, 0) is 4.79 Å². The fourth-order valence-corrected chi connectivity index (χ4v) is 3.75. The minimum Gasteiger partial charge on any atom is -0.467 e. The second-order valence-electron chi connectivity index (χ2n) is 6.36. The monoisotopic (exact) mass is 377 g/mol. The lowest BCUT2D eigenvalue weighted by Gasteiger charge is -2.19. The Morgan fingerprint density at radius 1 is 1.19 bits per heavy atom. The molecule has 27 heavy (non-hydrogen) atoms. The number of hydrazone groups is 1. The molecule has 136 valence electrons. The summed E-state index contributed by atoms with van der Waals surface area (Å²) >= 11 is 1.48. The first-order chi connectivity index (χ1) is 13.2. The van der Waals surface area contributed by atoms with E-state index in [1.807, 2.05) is 36.4 Å². The highest BCUT2D eigenvalue weighted by Crippen LogP contribution is 2.34. The number of furan rings is 1. The second kappa shape index (κ2) is 7.80. The van der Waals surface area contributed by atoms with Crippen LogP contribution in [0.15, 0.2) is 81.6 Å². The number of amides is 1. The maximum atomic E-state index is 12.9. The summed E-state index contributed by atoms with van der Waals surface area (Å²) in [4.78, 5) is 17.9. The molecule has 0 N–H and O–H groups in total. The zero-order chi connectivity index (χ0) is 18.6. The van der Waals surface area contributed by atoms with Gasteiger partial charge in [0.2, 0.25) is 0 Å². The molecule has 1 unspecified atom stereocenters. The molecule has 0 bridgehead atoms. The van der Waals surface area contributed by atoms with E-state index in [0.717, 1.165) is 21.9 Å². The van der Waals surface area contributed by atoms with E-state index in [1.165, 1.54) is 17.3 Å². The van der Waals surface area contributed by atoms with Crippen LogP contribution in [0.3, 0.4) is 0 Å². The molecule has 1 aromatic carbocycles. The topological polar surface area (TPSA) is 58.7 Å². The highest BCUT2D eigenvalue weighted by molar-refractivity contribution is 8.00. The first kappa shape index (κ1) is 17.5. The van der Waals surface area contributed by atoms with Crippen molar-refractivity contribution in [3.8, 4) is 0 Å². The second-order valence-corrected chi connectivity index (χ2v) is 7.41. The fourth-order valence-electron chi connectivity index (χ4n) is 3.01. The van der Waals surface area contributed by atoms with Gasteiger partial charge in [0.1, 0.15) is 11.8 Å².